The van der Waals surface area contributed by atoms with Gasteiger partial charge in [0, 0.05) is 11.7 Å². The molecule has 0 fully saturated rings. The number of carbonyl (C=O) groups is 2. The van der Waals surface area contributed by atoms with E-state index in [4.69, 9.17) is 4.74 Å². The van der Waals surface area contributed by atoms with Crippen molar-refractivity contribution in [2.24, 2.45) is 0 Å². The van der Waals surface area contributed by atoms with Crippen LogP contribution in [-0.2, 0) is 16.0 Å². The highest BCUT2D eigenvalue weighted by atomic mass is 16.5. The van der Waals surface area contributed by atoms with Gasteiger partial charge in [-0.3, -0.25) is 4.79 Å². The zero-order valence-corrected chi connectivity index (χ0v) is 15.6. The monoisotopic (exact) mass is 376 g/mol. The lowest BCUT2D eigenvalue weighted by molar-refractivity contribution is -0.126. The first-order valence-corrected chi connectivity index (χ1v) is 9.11. The summed E-state index contributed by atoms with van der Waals surface area (Å²) in [5.74, 6) is -0.754. The van der Waals surface area contributed by atoms with E-state index in [9.17, 15) is 9.59 Å². The molecular formula is C21H20N4O3. The van der Waals surface area contributed by atoms with Crippen molar-refractivity contribution in [2.45, 2.75) is 32.4 Å². The van der Waals surface area contributed by atoms with Gasteiger partial charge in [-0.15, -0.1) is 0 Å². The second kappa shape index (κ2) is 7.26. The molecule has 1 amide bonds. The van der Waals surface area contributed by atoms with Gasteiger partial charge in [-0.1, -0.05) is 18.2 Å². The van der Waals surface area contributed by atoms with E-state index in [0.29, 0.717) is 5.56 Å². The summed E-state index contributed by atoms with van der Waals surface area (Å²) in [7, 11) is 0. The highest BCUT2D eigenvalue weighted by Crippen LogP contribution is 2.32. The van der Waals surface area contributed by atoms with Crippen LogP contribution in [0.25, 0.3) is 5.69 Å². The van der Waals surface area contributed by atoms with Crippen molar-refractivity contribution < 1.29 is 14.3 Å². The van der Waals surface area contributed by atoms with Crippen molar-refractivity contribution in [3.05, 3.63) is 72.3 Å². The second-order valence-electron chi connectivity index (χ2n) is 6.82. The minimum atomic E-state index is -0.879. The molecule has 0 spiro atoms. The number of hydrogen-bond donors (Lipinski definition) is 0. The first-order valence-electron chi connectivity index (χ1n) is 9.11. The zero-order chi connectivity index (χ0) is 19.7. The van der Waals surface area contributed by atoms with Crippen LogP contribution < -0.4 is 4.90 Å². The third-order valence-electron chi connectivity index (χ3n) is 4.86. The first kappa shape index (κ1) is 17.9. The van der Waals surface area contributed by atoms with E-state index in [-0.39, 0.29) is 11.9 Å². The van der Waals surface area contributed by atoms with Gasteiger partial charge in [0.05, 0.1) is 11.3 Å². The summed E-state index contributed by atoms with van der Waals surface area (Å²) in [6, 6.07) is 14.6. The van der Waals surface area contributed by atoms with Crippen molar-refractivity contribution in [1.82, 2.24) is 14.8 Å². The molecule has 0 bridgehead atoms. The first-order chi connectivity index (χ1) is 13.5. The number of ether oxygens (including phenoxy) is 1. The molecule has 1 aliphatic rings. The summed E-state index contributed by atoms with van der Waals surface area (Å²) in [4.78, 5) is 31.0. The number of benzene rings is 2. The number of fused-ring (bicyclic) bond motifs is 1. The number of carbonyl (C=O) groups excluding carboxylic acids is 2. The van der Waals surface area contributed by atoms with Gasteiger partial charge in [0.1, 0.15) is 12.7 Å². The molecule has 4 rings (SSSR count). The van der Waals surface area contributed by atoms with E-state index in [1.54, 1.807) is 47.1 Å². The maximum Gasteiger partial charge on any atom is 0.338 e. The van der Waals surface area contributed by atoms with Crippen LogP contribution >= 0.6 is 0 Å². The standard InChI is InChI=1S/C21H20N4O3/c1-14-11-17-5-3-4-6-19(17)25(14)20(26)15(2)28-21(27)16-7-9-18(10-8-16)24-13-22-12-23-24/h3-10,12-15H,11H2,1-2H3/t14-,15+/m1/s1. The van der Waals surface area contributed by atoms with E-state index < -0.39 is 12.1 Å². The molecule has 1 aromatic heterocycles. The number of nitrogens with zero attached hydrogens (tertiary/aromatic N) is 4. The van der Waals surface area contributed by atoms with Crippen LogP contribution in [0.2, 0.25) is 0 Å². The van der Waals surface area contributed by atoms with Crippen molar-refractivity contribution in [1.29, 1.82) is 0 Å². The molecule has 28 heavy (non-hydrogen) atoms. The maximum absolute atomic E-state index is 12.9. The molecule has 2 aromatic carbocycles. The summed E-state index contributed by atoms with van der Waals surface area (Å²) < 4.78 is 7.03. The highest BCUT2D eigenvalue weighted by Gasteiger charge is 2.34. The molecule has 0 N–H and O–H groups in total. The van der Waals surface area contributed by atoms with Crippen molar-refractivity contribution in [3.63, 3.8) is 0 Å². The highest BCUT2D eigenvalue weighted by molar-refractivity contribution is 6.00. The normalized spacial score (nSPS) is 16.5. The topological polar surface area (TPSA) is 77.3 Å². The summed E-state index contributed by atoms with van der Waals surface area (Å²) in [5.41, 5.74) is 3.17. The average molecular weight is 376 g/mol. The summed E-state index contributed by atoms with van der Waals surface area (Å²) in [6.45, 7) is 3.60. The average Bonchev–Trinajstić information content (AvgIpc) is 3.34. The fourth-order valence-electron chi connectivity index (χ4n) is 3.47. The number of rotatable bonds is 4. The van der Waals surface area contributed by atoms with Crippen molar-refractivity contribution in [3.8, 4) is 5.69 Å². The number of esters is 1. The molecule has 0 aliphatic carbocycles. The van der Waals surface area contributed by atoms with Gasteiger partial charge in [0.15, 0.2) is 6.10 Å². The fraction of sp³-hybridized carbons (Fsp3) is 0.238. The molecule has 0 saturated heterocycles. The minimum absolute atomic E-state index is 0.0352. The Balaban J connectivity index is 1.45. The van der Waals surface area contributed by atoms with E-state index in [0.717, 1.165) is 23.4 Å². The van der Waals surface area contributed by atoms with E-state index in [1.807, 2.05) is 31.2 Å². The van der Waals surface area contributed by atoms with Gasteiger partial charge in [-0.25, -0.2) is 14.5 Å². The van der Waals surface area contributed by atoms with E-state index >= 15 is 0 Å². The van der Waals surface area contributed by atoms with E-state index in [2.05, 4.69) is 10.1 Å². The predicted octanol–water partition coefficient (Wildman–Crippen LogP) is 2.79. The Kier molecular flexibility index (Phi) is 4.65. The quantitative estimate of drug-likeness (QED) is 0.655. The van der Waals surface area contributed by atoms with Crippen LogP contribution in [-0.4, -0.2) is 38.8 Å². The van der Waals surface area contributed by atoms with Gasteiger partial charge >= 0.3 is 5.97 Å². The molecule has 0 saturated carbocycles. The third-order valence-corrected chi connectivity index (χ3v) is 4.86. The van der Waals surface area contributed by atoms with Crippen molar-refractivity contribution >= 4 is 17.6 Å². The molecule has 2 heterocycles. The Labute approximate surface area is 162 Å². The van der Waals surface area contributed by atoms with Crippen molar-refractivity contribution in [2.75, 3.05) is 4.90 Å². The summed E-state index contributed by atoms with van der Waals surface area (Å²) >= 11 is 0. The smallest absolute Gasteiger partial charge is 0.338 e. The molecule has 142 valence electrons. The minimum Gasteiger partial charge on any atom is -0.449 e. The number of hydrogen-bond acceptors (Lipinski definition) is 5. The lowest BCUT2D eigenvalue weighted by atomic mass is 10.1. The van der Waals surface area contributed by atoms with Gasteiger partial charge in [0.25, 0.3) is 5.91 Å². The third kappa shape index (κ3) is 3.26. The fourth-order valence-corrected chi connectivity index (χ4v) is 3.47. The summed E-state index contributed by atoms with van der Waals surface area (Å²) in [5, 5.41) is 4.04. The number of para-hydroxylation sites is 1. The lowest BCUT2D eigenvalue weighted by Gasteiger charge is -2.26. The van der Waals surface area contributed by atoms with Crippen LogP contribution in [0, 0.1) is 0 Å². The molecule has 2 atom stereocenters. The van der Waals surface area contributed by atoms with Gasteiger partial charge in [-0.2, -0.15) is 5.10 Å². The van der Waals surface area contributed by atoms with Crippen LogP contribution in [0.3, 0.4) is 0 Å². The van der Waals surface area contributed by atoms with Gasteiger partial charge < -0.3 is 9.64 Å². The lowest BCUT2D eigenvalue weighted by Crippen LogP contribution is -2.43. The number of aromatic nitrogens is 3. The number of anilines is 1. The Morgan fingerprint density at radius 1 is 1.14 bits per heavy atom. The molecule has 0 unspecified atom stereocenters. The largest absolute Gasteiger partial charge is 0.449 e. The second-order valence-corrected chi connectivity index (χ2v) is 6.82. The Bertz CT molecular complexity index is 999. The van der Waals surface area contributed by atoms with Crippen LogP contribution in [0.1, 0.15) is 29.8 Å². The molecule has 0 radical (unpaired) electrons. The summed E-state index contributed by atoms with van der Waals surface area (Å²) in [6.07, 6.45) is 2.93. The van der Waals surface area contributed by atoms with Crippen LogP contribution in [0.5, 0.6) is 0 Å². The van der Waals surface area contributed by atoms with E-state index in [1.165, 1.54) is 6.33 Å². The molecule has 7 nitrogen and oxygen atoms in total. The zero-order valence-electron chi connectivity index (χ0n) is 15.6. The predicted molar refractivity (Wildman–Crippen MR) is 103 cm³/mol. The SMILES string of the molecule is C[C@H](OC(=O)c1ccc(-n2cncn2)cc1)C(=O)N1c2ccccc2C[C@H]1C. The Hall–Kier alpha value is -3.48. The van der Waals surface area contributed by atoms with Gasteiger partial charge in [0.2, 0.25) is 0 Å². The maximum atomic E-state index is 12.9. The van der Waals surface area contributed by atoms with Gasteiger partial charge in [-0.05, 0) is 56.2 Å². The van der Waals surface area contributed by atoms with Crippen LogP contribution in [0.4, 0.5) is 5.69 Å². The molecule has 3 aromatic rings. The molecular weight excluding hydrogens is 356 g/mol. The Morgan fingerprint density at radius 3 is 2.61 bits per heavy atom. The molecule has 7 heteroatoms. The van der Waals surface area contributed by atoms with Crippen LogP contribution in [0.15, 0.2) is 61.2 Å². The number of amides is 1. The Morgan fingerprint density at radius 2 is 1.89 bits per heavy atom. The molecule has 1 aliphatic heterocycles.